The van der Waals surface area contributed by atoms with Crippen molar-refractivity contribution in [3.63, 3.8) is 0 Å². The maximum atomic E-state index is 13.1. The van der Waals surface area contributed by atoms with Crippen LogP contribution < -0.4 is 4.90 Å². The molecule has 0 bridgehead atoms. The number of methoxy groups -OCH3 is 1. The SMILES string of the molecule is CO[C@H](c1ccc(N2CC[C@]3(CC[C@@](O)(C(C)C)CC3)C2=O)cc1)C(F)(F)F. The van der Waals surface area contributed by atoms with Gasteiger partial charge in [-0.3, -0.25) is 4.79 Å². The predicted molar refractivity (Wildman–Crippen MR) is 99.9 cm³/mol. The zero-order valence-corrected chi connectivity index (χ0v) is 16.6. The molecule has 28 heavy (non-hydrogen) atoms. The summed E-state index contributed by atoms with van der Waals surface area (Å²) in [6.45, 7) is 4.54. The summed E-state index contributed by atoms with van der Waals surface area (Å²) in [5.41, 5.74) is -0.555. The van der Waals surface area contributed by atoms with Crippen molar-refractivity contribution in [3.8, 4) is 0 Å². The van der Waals surface area contributed by atoms with Crippen LogP contribution >= 0.6 is 0 Å². The first-order chi connectivity index (χ1) is 13.0. The number of carbonyl (C=O) groups excluding carboxylic acids is 1. The van der Waals surface area contributed by atoms with Gasteiger partial charge >= 0.3 is 6.18 Å². The van der Waals surface area contributed by atoms with Crippen LogP contribution in [0.1, 0.15) is 57.6 Å². The van der Waals surface area contributed by atoms with Crippen LogP contribution in [-0.4, -0.2) is 36.4 Å². The van der Waals surface area contributed by atoms with E-state index in [2.05, 4.69) is 4.74 Å². The third-order valence-corrected chi connectivity index (χ3v) is 6.70. The fraction of sp³-hybridized carbons (Fsp3) is 0.667. The van der Waals surface area contributed by atoms with Crippen molar-refractivity contribution in [2.75, 3.05) is 18.6 Å². The molecule has 1 heterocycles. The van der Waals surface area contributed by atoms with E-state index in [1.165, 1.54) is 12.1 Å². The Labute approximate surface area is 163 Å². The molecule has 2 aliphatic rings. The Morgan fingerprint density at radius 2 is 1.64 bits per heavy atom. The van der Waals surface area contributed by atoms with E-state index in [1.54, 1.807) is 17.0 Å². The lowest BCUT2D eigenvalue weighted by Gasteiger charge is -2.43. The maximum Gasteiger partial charge on any atom is 0.418 e. The second-order valence-corrected chi connectivity index (χ2v) is 8.49. The Balaban J connectivity index is 1.74. The second kappa shape index (κ2) is 7.34. The summed E-state index contributed by atoms with van der Waals surface area (Å²) < 4.78 is 43.6. The molecule has 0 aromatic heterocycles. The first kappa shape index (κ1) is 21.1. The summed E-state index contributed by atoms with van der Waals surface area (Å²) in [5.74, 6) is 0.164. The van der Waals surface area contributed by atoms with Gasteiger partial charge in [-0.2, -0.15) is 13.2 Å². The number of amides is 1. The maximum absolute atomic E-state index is 13.1. The van der Waals surface area contributed by atoms with Gasteiger partial charge in [-0.15, -0.1) is 0 Å². The fourth-order valence-electron chi connectivity index (χ4n) is 4.56. The Kier molecular flexibility index (Phi) is 5.53. The molecule has 2 fully saturated rings. The van der Waals surface area contributed by atoms with Crippen molar-refractivity contribution >= 4 is 11.6 Å². The Morgan fingerprint density at radius 1 is 1.07 bits per heavy atom. The normalized spacial score (nSPS) is 29.7. The number of hydrogen-bond donors (Lipinski definition) is 1. The molecular formula is C21H28F3NO3. The van der Waals surface area contributed by atoms with Gasteiger partial charge in [0.25, 0.3) is 0 Å². The van der Waals surface area contributed by atoms with E-state index in [-0.39, 0.29) is 17.4 Å². The average molecular weight is 399 g/mol. The summed E-state index contributed by atoms with van der Waals surface area (Å²) in [7, 11) is 1.03. The molecule has 0 unspecified atom stereocenters. The van der Waals surface area contributed by atoms with Gasteiger partial charge < -0.3 is 14.7 Å². The highest BCUT2D eigenvalue weighted by Gasteiger charge is 2.52. The molecule has 4 nitrogen and oxygen atoms in total. The highest BCUT2D eigenvalue weighted by atomic mass is 19.4. The van der Waals surface area contributed by atoms with Gasteiger partial charge in [0.1, 0.15) is 0 Å². The number of halogens is 3. The van der Waals surface area contributed by atoms with Gasteiger partial charge in [0.05, 0.1) is 11.0 Å². The molecule has 1 aliphatic carbocycles. The monoisotopic (exact) mass is 399 g/mol. The van der Waals surface area contributed by atoms with Crippen molar-refractivity contribution in [2.24, 2.45) is 11.3 Å². The smallest absolute Gasteiger partial charge is 0.390 e. The van der Waals surface area contributed by atoms with Crippen LogP contribution in [0.4, 0.5) is 18.9 Å². The summed E-state index contributed by atoms with van der Waals surface area (Å²) in [4.78, 5) is 14.8. The molecule has 3 rings (SSSR count). The minimum absolute atomic E-state index is 0.0137. The minimum Gasteiger partial charge on any atom is -0.390 e. The molecule has 1 atom stereocenters. The summed E-state index contributed by atoms with van der Waals surface area (Å²) in [5, 5.41) is 10.7. The molecule has 1 N–H and O–H groups in total. The van der Waals surface area contributed by atoms with Crippen molar-refractivity contribution < 1.29 is 27.8 Å². The summed E-state index contributed by atoms with van der Waals surface area (Å²) in [6.07, 6.45) is -3.25. The molecule has 1 amide bonds. The fourth-order valence-corrected chi connectivity index (χ4v) is 4.56. The predicted octanol–water partition coefficient (Wildman–Crippen LogP) is 4.62. The van der Waals surface area contributed by atoms with E-state index in [4.69, 9.17) is 0 Å². The molecule has 1 saturated heterocycles. The topological polar surface area (TPSA) is 49.8 Å². The van der Waals surface area contributed by atoms with E-state index in [0.29, 0.717) is 44.3 Å². The lowest BCUT2D eigenvalue weighted by atomic mass is 9.65. The highest BCUT2D eigenvalue weighted by Crippen LogP contribution is 2.50. The lowest BCUT2D eigenvalue weighted by molar-refractivity contribution is -0.215. The number of benzene rings is 1. The van der Waals surface area contributed by atoms with Crippen LogP contribution in [0.3, 0.4) is 0 Å². The first-order valence-electron chi connectivity index (χ1n) is 9.76. The third kappa shape index (κ3) is 3.66. The number of carbonyl (C=O) groups is 1. The summed E-state index contributed by atoms with van der Waals surface area (Å²) >= 11 is 0. The molecule has 1 aromatic carbocycles. The van der Waals surface area contributed by atoms with Gasteiger partial charge in [0.2, 0.25) is 5.91 Å². The number of hydrogen-bond acceptors (Lipinski definition) is 3. The minimum atomic E-state index is -4.49. The molecular weight excluding hydrogens is 371 g/mol. The van der Waals surface area contributed by atoms with Crippen LogP contribution in [0.2, 0.25) is 0 Å². The number of nitrogens with zero attached hydrogens (tertiary/aromatic N) is 1. The first-order valence-corrected chi connectivity index (χ1v) is 9.76. The van der Waals surface area contributed by atoms with Crippen LogP contribution in [0, 0.1) is 11.3 Å². The lowest BCUT2D eigenvalue weighted by Crippen LogP contribution is -2.46. The van der Waals surface area contributed by atoms with Crippen LogP contribution in [-0.2, 0) is 9.53 Å². The standard InChI is InChI=1S/C21H28F3NO3/c1-14(2)20(27)10-8-19(9-11-20)12-13-25(18(19)26)16-6-4-15(5-7-16)17(28-3)21(22,23)24/h4-7,14,17,27H,8-13H2,1-3H3/t17-,19-,20+/m1/s1. The molecule has 1 spiro atoms. The number of alkyl halides is 3. The van der Waals surface area contributed by atoms with Crippen molar-refractivity contribution in [1.82, 2.24) is 0 Å². The van der Waals surface area contributed by atoms with Crippen LogP contribution in [0.25, 0.3) is 0 Å². The van der Waals surface area contributed by atoms with Crippen molar-refractivity contribution in [1.29, 1.82) is 0 Å². The zero-order valence-electron chi connectivity index (χ0n) is 16.6. The zero-order chi connectivity index (χ0) is 20.7. The highest BCUT2D eigenvalue weighted by molar-refractivity contribution is 6.00. The van der Waals surface area contributed by atoms with Gasteiger partial charge in [-0.25, -0.2) is 0 Å². The molecule has 0 radical (unpaired) electrons. The van der Waals surface area contributed by atoms with Gasteiger partial charge in [0, 0.05) is 19.3 Å². The Hall–Kier alpha value is -1.60. The van der Waals surface area contributed by atoms with E-state index in [9.17, 15) is 23.1 Å². The summed E-state index contributed by atoms with van der Waals surface area (Å²) in [6, 6.07) is 5.84. The molecule has 1 aromatic rings. The Bertz CT molecular complexity index is 707. The second-order valence-electron chi connectivity index (χ2n) is 8.49. The van der Waals surface area contributed by atoms with Gasteiger partial charge in [-0.05, 0) is 55.7 Å². The third-order valence-electron chi connectivity index (χ3n) is 6.70. The largest absolute Gasteiger partial charge is 0.418 e. The average Bonchev–Trinajstić information content (AvgIpc) is 2.94. The molecule has 1 aliphatic heterocycles. The molecule has 156 valence electrons. The van der Waals surface area contributed by atoms with Crippen molar-refractivity contribution in [2.45, 2.75) is 63.8 Å². The van der Waals surface area contributed by atoms with Crippen LogP contribution in [0.15, 0.2) is 24.3 Å². The number of ether oxygens (including phenoxy) is 1. The molecule has 1 saturated carbocycles. The quantitative estimate of drug-likeness (QED) is 0.804. The number of aliphatic hydroxyl groups is 1. The molecule has 7 heteroatoms. The van der Waals surface area contributed by atoms with E-state index < -0.39 is 23.3 Å². The number of anilines is 1. The van der Waals surface area contributed by atoms with E-state index in [0.717, 1.165) is 7.11 Å². The Morgan fingerprint density at radius 3 is 2.11 bits per heavy atom. The number of rotatable bonds is 4. The van der Waals surface area contributed by atoms with Gasteiger partial charge in [0.15, 0.2) is 6.10 Å². The van der Waals surface area contributed by atoms with Gasteiger partial charge in [-0.1, -0.05) is 26.0 Å². The van der Waals surface area contributed by atoms with E-state index >= 15 is 0 Å². The van der Waals surface area contributed by atoms with Crippen molar-refractivity contribution in [3.05, 3.63) is 29.8 Å². The van der Waals surface area contributed by atoms with E-state index in [1.807, 2.05) is 13.8 Å². The van der Waals surface area contributed by atoms with Crippen LogP contribution in [0.5, 0.6) is 0 Å².